The van der Waals surface area contributed by atoms with E-state index in [0.29, 0.717) is 5.56 Å². The van der Waals surface area contributed by atoms with Gasteiger partial charge in [-0.1, -0.05) is 6.07 Å². The second-order valence-corrected chi connectivity index (χ2v) is 2.68. The number of hydrogen-bond donors (Lipinski definition) is 2. The lowest BCUT2D eigenvalue weighted by Gasteiger charge is -2.09. The van der Waals surface area contributed by atoms with Crippen LogP contribution in [0.5, 0.6) is 5.75 Å². The smallest absolute Gasteiger partial charge is 0.165 e. The molecule has 0 saturated heterocycles. The predicted molar refractivity (Wildman–Crippen MR) is 47.0 cm³/mol. The molecule has 1 aromatic carbocycles. The molecular weight excluding hydrogens is 173 g/mol. The first-order valence-corrected chi connectivity index (χ1v) is 3.89. The first-order chi connectivity index (χ1) is 6.19. The molecule has 0 bridgehead atoms. The monoisotopic (exact) mass is 185 g/mol. The van der Waals surface area contributed by atoms with E-state index in [4.69, 9.17) is 15.6 Å². The largest absolute Gasteiger partial charge is 0.494 e. The molecule has 0 fully saturated rings. The quantitative estimate of drug-likeness (QED) is 0.733. The molecule has 0 saturated carbocycles. The standard InChI is InChI=1S/C9H12FNO2/c1-13-9-3-2-6(4-7(9)10)8(11)5-12/h2-4,8,12H,5,11H2,1H3/t8-/m0/s1. The normalized spacial score (nSPS) is 12.6. The fraction of sp³-hybridized carbons (Fsp3) is 0.333. The van der Waals surface area contributed by atoms with Crippen LogP contribution in [-0.2, 0) is 0 Å². The molecule has 0 unspecified atom stereocenters. The fourth-order valence-electron chi connectivity index (χ4n) is 1.02. The lowest BCUT2D eigenvalue weighted by molar-refractivity contribution is 0.267. The molecule has 1 rings (SSSR count). The van der Waals surface area contributed by atoms with E-state index >= 15 is 0 Å². The molecule has 0 spiro atoms. The molecule has 3 nitrogen and oxygen atoms in total. The van der Waals surface area contributed by atoms with Gasteiger partial charge in [-0.05, 0) is 17.7 Å². The average Bonchev–Trinajstić information content (AvgIpc) is 2.16. The SMILES string of the molecule is COc1ccc([C@@H](N)CO)cc1F. The molecule has 1 atom stereocenters. The molecule has 0 aliphatic heterocycles. The van der Waals surface area contributed by atoms with Crippen LogP contribution in [0.2, 0.25) is 0 Å². The topological polar surface area (TPSA) is 55.5 Å². The summed E-state index contributed by atoms with van der Waals surface area (Å²) >= 11 is 0. The molecule has 0 radical (unpaired) electrons. The lowest BCUT2D eigenvalue weighted by atomic mass is 10.1. The summed E-state index contributed by atoms with van der Waals surface area (Å²) in [6.07, 6.45) is 0. The van der Waals surface area contributed by atoms with Crippen molar-refractivity contribution in [3.05, 3.63) is 29.6 Å². The van der Waals surface area contributed by atoms with Crippen molar-refractivity contribution < 1.29 is 14.2 Å². The van der Waals surface area contributed by atoms with Gasteiger partial charge in [0.05, 0.1) is 19.8 Å². The first-order valence-electron chi connectivity index (χ1n) is 3.89. The Morgan fingerprint density at radius 3 is 2.77 bits per heavy atom. The summed E-state index contributed by atoms with van der Waals surface area (Å²) in [7, 11) is 1.39. The van der Waals surface area contributed by atoms with E-state index in [1.807, 2.05) is 0 Å². The number of aliphatic hydroxyl groups excluding tert-OH is 1. The first kappa shape index (κ1) is 9.95. The molecule has 0 heterocycles. The van der Waals surface area contributed by atoms with Crippen LogP contribution in [0.15, 0.2) is 18.2 Å². The van der Waals surface area contributed by atoms with Crippen LogP contribution < -0.4 is 10.5 Å². The van der Waals surface area contributed by atoms with Crippen molar-refractivity contribution >= 4 is 0 Å². The third kappa shape index (κ3) is 2.17. The van der Waals surface area contributed by atoms with Gasteiger partial charge in [-0.2, -0.15) is 0 Å². The van der Waals surface area contributed by atoms with Crippen molar-refractivity contribution in [1.82, 2.24) is 0 Å². The van der Waals surface area contributed by atoms with E-state index in [1.165, 1.54) is 19.2 Å². The Morgan fingerprint density at radius 2 is 2.31 bits per heavy atom. The van der Waals surface area contributed by atoms with Gasteiger partial charge in [0.2, 0.25) is 0 Å². The second-order valence-electron chi connectivity index (χ2n) is 2.68. The third-order valence-electron chi connectivity index (χ3n) is 1.80. The highest BCUT2D eigenvalue weighted by Crippen LogP contribution is 2.20. The van der Waals surface area contributed by atoms with Gasteiger partial charge in [-0.3, -0.25) is 0 Å². The molecule has 0 aromatic heterocycles. The Kier molecular flexibility index (Phi) is 3.22. The fourth-order valence-corrected chi connectivity index (χ4v) is 1.02. The van der Waals surface area contributed by atoms with Crippen LogP contribution in [0.4, 0.5) is 4.39 Å². The van der Waals surface area contributed by atoms with Crippen molar-refractivity contribution in [2.24, 2.45) is 5.73 Å². The number of methoxy groups -OCH3 is 1. The summed E-state index contributed by atoms with van der Waals surface area (Å²) in [4.78, 5) is 0. The van der Waals surface area contributed by atoms with Crippen LogP contribution in [0.1, 0.15) is 11.6 Å². The van der Waals surface area contributed by atoms with Crippen LogP contribution >= 0.6 is 0 Å². The lowest BCUT2D eigenvalue weighted by Crippen LogP contribution is -2.14. The van der Waals surface area contributed by atoms with Gasteiger partial charge < -0.3 is 15.6 Å². The highest BCUT2D eigenvalue weighted by atomic mass is 19.1. The minimum Gasteiger partial charge on any atom is -0.494 e. The van der Waals surface area contributed by atoms with Crippen molar-refractivity contribution in [3.8, 4) is 5.75 Å². The molecule has 4 heteroatoms. The maximum absolute atomic E-state index is 13.1. The maximum atomic E-state index is 13.1. The van der Waals surface area contributed by atoms with E-state index in [-0.39, 0.29) is 12.4 Å². The minimum atomic E-state index is -0.541. The summed E-state index contributed by atoms with van der Waals surface area (Å²) in [5, 5.41) is 8.73. The summed E-state index contributed by atoms with van der Waals surface area (Å²) in [5.74, 6) is -0.294. The highest BCUT2D eigenvalue weighted by Gasteiger charge is 2.08. The zero-order valence-corrected chi connectivity index (χ0v) is 7.33. The average molecular weight is 185 g/mol. The van der Waals surface area contributed by atoms with Crippen molar-refractivity contribution in [3.63, 3.8) is 0 Å². The van der Waals surface area contributed by atoms with E-state index in [2.05, 4.69) is 0 Å². The summed E-state index contributed by atoms with van der Waals surface area (Å²) in [6, 6.07) is 3.84. The van der Waals surface area contributed by atoms with Crippen molar-refractivity contribution in [1.29, 1.82) is 0 Å². The summed E-state index contributed by atoms with van der Waals surface area (Å²) in [6.45, 7) is -0.203. The predicted octanol–water partition coefficient (Wildman–Crippen LogP) is 0.826. The number of benzene rings is 1. The molecular formula is C9H12FNO2. The molecule has 0 amide bonds. The number of hydrogen-bond acceptors (Lipinski definition) is 3. The van der Waals surface area contributed by atoms with Gasteiger partial charge in [0, 0.05) is 0 Å². The van der Waals surface area contributed by atoms with E-state index in [0.717, 1.165) is 0 Å². The number of halogens is 1. The zero-order valence-electron chi connectivity index (χ0n) is 7.33. The second kappa shape index (κ2) is 4.20. The summed E-state index contributed by atoms with van der Waals surface area (Å²) < 4.78 is 17.8. The van der Waals surface area contributed by atoms with Gasteiger partial charge in [0.15, 0.2) is 11.6 Å². The number of nitrogens with two attached hydrogens (primary N) is 1. The molecule has 72 valence electrons. The van der Waals surface area contributed by atoms with Crippen LogP contribution in [0, 0.1) is 5.82 Å². The number of rotatable bonds is 3. The van der Waals surface area contributed by atoms with Gasteiger partial charge in [0.25, 0.3) is 0 Å². The van der Waals surface area contributed by atoms with Crippen LogP contribution in [0.25, 0.3) is 0 Å². The Balaban J connectivity index is 2.95. The maximum Gasteiger partial charge on any atom is 0.165 e. The van der Waals surface area contributed by atoms with Crippen molar-refractivity contribution in [2.45, 2.75) is 6.04 Å². The van der Waals surface area contributed by atoms with E-state index < -0.39 is 11.9 Å². The Labute approximate surface area is 75.9 Å². The summed E-state index contributed by atoms with van der Waals surface area (Å²) in [5.41, 5.74) is 6.05. The molecule has 3 N–H and O–H groups in total. The van der Waals surface area contributed by atoms with Crippen LogP contribution in [-0.4, -0.2) is 18.8 Å². The Morgan fingerprint density at radius 1 is 1.62 bits per heavy atom. The van der Waals surface area contributed by atoms with Gasteiger partial charge >= 0.3 is 0 Å². The Hall–Kier alpha value is -1.13. The van der Waals surface area contributed by atoms with Crippen LogP contribution in [0.3, 0.4) is 0 Å². The third-order valence-corrected chi connectivity index (χ3v) is 1.80. The van der Waals surface area contributed by atoms with Crippen molar-refractivity contribution in [2.75, 3.05) is 13.7 Å². The molecule has 0 aliphatic carbocycles. The Bertz CT molecular complexity index is 291. The highest BCUT2D eigenvalue weighted by molar-refractivity contribution is 5.30. The molecule has 1 aromatic rings. The minimum absolute atomic E-state index is 0.175. The number of aliphatic hydroxyl groups is 1. The zero-order chi connectivity index (χ0) is 9.84. The molecule has 0 aliphatic rings. The van der Waals surface area contributed by atoms with E-state index in [1.54, 1.807) is 6.07 Å². The van der Waals surface area contributed by atoms with Gasteiger partial charge in [0.1, 0.15) is 0 Å². The molecule has 13 heavy (non-hydrogen) atoms. The van der Waals surface area contributed by atoms with E-state index in [9.17, 15) is 4.39 Å². The number of ether oxygens (including phenoxy) is 1. The van der Waals surface area contributed by atoms with Gasteiger partial charge in [-0.25, -0.2) is 4.39 Å². The van der Waals surface area contributed by atoms with Gasteiger partial charge in [-0.15, -0.1) is 0 Å².